The lowest BCUT2D eigenvalue weighted by atomic mass is 10.2. The summed E-state index contributed by atoms with van der Waals surface area (Å²) in [4.78, 5) is 24.5. The van der Waals surface area contributed by atoms with Gasteiger partial charge < -0.3 is 10.4 Å². The van der Waals surface area contributed by atoms with E-state index in [1.54, 1.807) is 6.92 Å². The van der Waals surface area contributed by atoms with E-state index in [2.05, 4.69) is 22.1 Å². The van der Waals surface area contributed by atoms with E-state index in [0.717, 1.165) is 12.3 Å². The number of carbonyl (C=O) groups is 1. The topological polar surface area (TPSA) is 105 Å². The smallest absolute Gasteiger partial charge is 0.339 e. The Labute approximate surface area is 103 Å². The molecule has 7 nitrogen and oxygen atoms in total. The van der Waals surface area contributed by atoms with Crippen molar-refractivity contribution in [1.29, 1.82) is 0 Å². The van der Waals surface area contributed by atoms with Gasteiger partial charge in [0.1, 0.15) is 17.6 Å². The monoisotopic (exact) mass is 249 g/mol. The Balaban J connectivity index is 2.92. The molecule has 7 heteroatoms. The second-order valence-electron chi connectivity index (χ2n) is 3.26. The predicted molar refractivity (Wildman–Crippen MR) is 64.4 cm³/mol. The fourth-order valence-corrected chi connectivity index (χ4v) is 1.23. The Morgan fingerprint density at radius 2 is 2.39 bits per heavy atom. The zero-order chi connectivity index (χ0) is 13.5. The molecule has 0 aliphatic rings. The van der Waals surface area contributed by atoms with Gasteiger partial charge in [-0.25, -0.2) is 9.78 Å². The number of rotatable bonds is 5. The zero-order valence-corrected chi connectivity index (χ0v) is 9.64. The van der Waals surface area contributed by atoms with Crippen LogP contribution in [0.5, 0.6) is 0 Å². The van der Waals surface area contributed by atoms with Crippen molar-refractivity contribution in [3.8, 4) is 11.8 Å². The Morgan fingerprint density at radius 1 is 1.67 bits per heavy atom. The number of hydrogen-bond donors (Lipinski definition) is 2. The molecule has 1 heterocycles. The molecule has 0 saturated carbocycles. The Kier molecular flexibility index (Phi) is 4.63. The highest BCUT2D eigenvalue weighted by Gasteiger charge is 2.16. The van der Waals surface area contributed by atoms with E-state index in [-0.39, 0.29) is 17.1 Å². The fourth-order valence-electron chi connectivity index (χ4n) is 1.23. The van der Waals surface area contributed by atoms with E-state index < -0.39 is 10.9 Å². The third-order valence-electron chi connectivity index (χ3n) is 2.03. The van der Waals surface area contributed by atoms with Crippen LogP contribution in [0.3, 0.4) is 0 Å². The van der Waals surface area contributed by atoms with Crippen LogP contribution in [0.1, 0.15) is 23.7 Å². The molecule has 0 amide bonds. The van der Waals surface area contributed by atoms with Crippen LogP contribution in [0.2, 0.25) is 0 Å². The van der Waals surface area contributed by atoms with E-state index in [4.69, 9.17) is 5.11 Å². The molecule has 0 unspecified atom stereocenters. The molecule has 0 bridgehead atoms. The summed E-state index contributed by atoms with van der Waals surface area (Å²) in [5, 5.41) is 22.2. The zero-order valence-electron chi connectivity index (χ0n) is 9.64. The van der Waals surface area contributed by atoms with Gasteiger partial charge in [0.15, 0.2) is 0 Å². The number of pyridine rings is 1. The molecule has 1 aromatic heterocycles. The maximum absolute atomic E-state index is 11.0. The highest BCUT2D eigenvalue weighted by Crippen LogP contribution is 2.18. The second-order valence-corrected chi connectivity index (χ2v) is 3.26. The van der Waals surface area contributed by atoms with Crippen molar-refractivity contribution in [3.63, 3.8) is 0 Å². The highest BCUT2D eigenvalue weighted by atomic mass is 16.6. The molecular weight excluding hydrogens is 238 g/mol. The van der Waals surface area contributed by atoms with Gasteiger partial charge in [-0.3, -0.25) is 10.1 Å². The van der Waals surface area contributed by atoms with Crippen molar-refractivity contribution in [1.82, 2.24) is 4.98 Å². The minimum absolute atomic E-state index is 0.103. The van der Waals surface area contributed by atoms with Gasteiger partial charge in [-0.15, -0.1) is 11.8 Å². The molecule has 0 radical (unpaired) electrons. The summed E-state index contributed by atoms with van der Waals surface area (Å²) in [6, 6.07) is 0.975. The number of nitrogens with one attached hydrogen (secondary N) is 1. The van der Waals surface area contributed by atoms with E-state index in [1.807, 2.05) is 0 Å². The van der Waals surface area contributed by atoms with Crippen LogP contribution < -0.4 is 5.32 Å². The fraction of sp³-hybridized carbons (Fsp3) is 0.273. The van der Waals surface area contributed by atoms with Gasteiger partial charge in [0.2, 0.25) is 0 Å². The first kappa shape index (κ1) is 13.4. The van der Waals surface area contributed by atoms with Crippen LogP contribution in [0, 0.1) is 22.0 Å². The number of carboxylic acid groups (broad SMARTS) is 1. The normalized spacial score (nSPS) is 9.17. The molecule has 18 heavy (non-hydrogen) atoms. The lowest BCUT2D eigenvalue weighted by Crippen LogP contribution is -2.10. The van der Waals surface area contributed by atoms with Crippen LogP contribution in [0.4, 0.5) is 11.5 Å². The largest absolute Gasteiger partial charge is 0.478 e. The lowest BCUT2D eigenvalue weighted by molar-refractivity contribution is -0.385. The molecule has 0 aliphatic carbocycles. The maximum atomic E-state index is 11.0. The van der Waals surface area contributed by atoms with E-state index in [9.17, 15) is 14.9 Å². The minimum Gasteiger partial charge on any atom is -0.478 e. The lowest BCUT2D eigenvalue weighted by Gasteiger charge is -2.06. The van der Waals surface area contributed by atoms with Crippen LogP contribution in [-0.4, -0.2) is 27.5 Å². The van der Waals surface area contributed by atoms with Gasteiger partial charge in [-0.05, 0) is 6.92 Å². The van der Waals surface area contributed by atoms with Crippen LogP contribution >= 0.6 is 0 Å². The molecule has 0 saturated heterocycles. The van der Waals surface area contributed by atoms with Crippen molar-refractivity contribution in [2.75, 3.05) is 11.9 Å². The highest BCUT2D eigenvalue weighted by molar-refractivity contribution is 5.93. The van der Waals surface area contributed by atoms with Gasteiger partial charge >= 0.3 is 5.97 Å². The van der Waals surface area contributed by atoms with Crippen molar-refractivity contribution in [3.05, 3.63) is 27.9 Å². The Morgan fingerprint density at radius 3 is 2.94 bits per heavy atom. The summed E-state index contributed by atoms with van der Waals surface area (Å²) in [7, 11) is 0. The van der Waals surface area contributed by atoms with Crippen LogP contribution in [0.25, 0.3) is 0 Å². The predicted octanol–water partition coefficient (Wildman–Crippen LogP) is 1.51. The summed E-state index contributed by atoms with van der Waals surface area (Å²) in [5.41, 5.74) is -0.583. The van der Waals surface area contributed by atoms with E-state index in [0.29, 0.717) is 13.0 Å². The Hall–Kier alpha value is -2.62. The number of hydrogen-bond acceptors (Lipinski definition) is 5. The molecule has 94 valence electrons. The van der Waals surface area contributed by atoms with Crippen LogP contribution in [-0.2, 0) is 0 Å². The number of carboxylic acids is 1. The molecule has 0 aliphatic heterocycles. The van der Waals surface area contributed by atoms with Crippen molar-refractivity contribution >= 4 is 17.5 Å². The third kappa shape index (κ3) is 3.45. The maximum Gasteiger partial charge on any atom is 0.339 e. The average Bonchev–Trinajstić information content (AvgIpc) is 2.34. The molecule has 0 fully saturated rings. The van der Waals surface area contributed by atoms with Crippen molar-refractivity contribution in [2.45, 2.75) is 13.3 Å². The summed E-state index contributed by atoms with van der Waals surface area (Å²) >= 11 is 0. The first-order chi connectivity index (χ1) is 8.56. The number of aromatic carboxylic acids is 1. The Bertz CT molecular complexity index is 531. The van der Waals surface area contributed by atoms with Crippen molar-refractivity contribution < 1.29 is 14.8 Å². The second kappa shape index (κ2) is 6.20. The van der Waals surface area contributed by atoms with E-state index in [1.165, 1.54) is 0 Å². The SMILES string of the molecule is CC#CCCNc1ncc([N+](=O)[O-])cc1C(=O)O. The molecule has 2 N–H and O–H groups in total. The summed E-state index contributed by atoms with van der Waals surface area (Å²) in [6.07, 6.45) is 1.55. The van der Waals surface area contributed by atoms with Gasteiger partial charge in [0.05, 0.1) is 4.92 Å². The first-order valence-electron chi connectivity index (χ1n) is 5.07. The van der Waals surface area contributed by atoms with Gasteiger partial charge in [0.25, 0.3) is 5.69 Å². The van der Waals surface area contributed by atoms with Gasteiger partial charge in [0, 0.05) is 19.0 Å². The number of nitro groups is 1. The quantitative estimate of drug-likeness (QED) is 0.354. The van der Waals surface area contributed by atoms with Gasteiger partial charge in [-0.1, -0.05) is 0 Å². The molecule has 0 atom stereocenters. The third-order valence-corrected chi connectivity index (χ3v) is 2.03. The first-order valence-corrected chi connectivity index (χ1v) is 5.07. The summed E-state index contributed by atoms with van der Waals surface area (Å²) in [5.74, 6) is 4.33. The number of anilines is 1. The van der Waals surface area contributed by atoms with E-state index >= 15 is 0 Å². The minimum atomic E-state index is -1.27. The van der Waals surface area contributed by atoms with Crippen LogP contribution in [0.15, 0.2) is 12.3 Å². The average molecular weight is 249 g/mol. The standard InChI is InChI=1S/C11H11N3O4/c1-2-3-4-5-12-10-9(11(15)16)6-8(7-13-10)14(17)18/h6-7H,4-5H2,1H3,(H,12,13)(H,15,16). The molecule has 0 aromatic carbocycles. The molecule has 0 spiro atoms. The summed E-state index contributed by atoms with van der Waals surface area (Å²) < 4.78 is 0. The number of aromatic nitrogens is 1. The molecule has 1 rings (SSSR count). The van der Waals surface area contributed by atoms with Gasteiger partial charge in [-0.2, -0.15) is 0 Å². The summed E-state index contributed by atoms with van der Waals surface area (Å²) in [6.45, 7) is 2.12. The molecule has 1 aromatic rings. The van der Waals surface area contributed by atoms with Crippen molar-refractivity contribution in [2.24, 2.45) is 0 Å². The number of nitrogens with zero attached hydrogens (tertiary/aromatic N) is 2. The molecular formula is C11H11N3O4.